The lowest BCUT2D eigenvalue weighted by molar-refractivity contribution is 0.165. The van der Waals surface area contributed by atoms with Gasteiger partial charge in [0.15, 0.2) is 0 Å². The monoisotopic (exact) mass is 425 g/mol. The first-order chi connectivity index (χ1) is 12.9. The van der Waals surface area contributed by atoms with Gasteiger partial charge in [0, 0.05) is 23.8 Å². The Bertz CT molecular complexity index is 587. The summed E-state index contributed by atoms with van der Waals surface area (Å²) < 4.78 is 0.330. The van der Waals surface area contributed by atoms with Gasteiger partial charge >= 0.3 is 0 Å². The molecule has 0 heterocycles. The van der Waals surface area contributed by atoms with Crippen molar-refractivity contribution in [3.63, 3.8) is 0 Å². The highest BCUT2D eigenvalue weighted by Crippen LogP contribution is 2.47. The lowest BCUT2D eigenvalue weighted by Gasteiger charge is -2.37. The van der Waals surface area contributed by atoms with Crippen molar-refractivity contribution in [3.05, 3.63) is 29.8 Å². The second kappa shape index (κ2) is 10.9. The summed E-state index contributed by atoms with van der Waals surface area (Å²) in [4.78, 5) is 3.41. The van der Waals surface area contributed by atoms with Gasteiger partial charge in [-0.25, -0.2) is 0 Å². The molecule has 1 aliphatic rings. The molecule has 2 rings (SSSR count). The smallest absolute Gasteiger partial charge is 0.106 e. The van der Waals surface area contributed by atoms with Crippen LogP contribution in [0.5, 0.6) is 0 Å². The molecule has 0 bridgehead atoms. The summed E-state index contributed by atoms with van der Waals surface area (Å²) >= 11 is 9.74. The Balaban J connectivity index is 2.12. The molecule has 152 valence electrons. The number of thiocarbonyl (C=S) groups is 1. The van der Waals surface area contributed by atoms with Gasteiger partial charge in [-0.3, -0.25) is 0 Å². The van der Waals surface area contributed by atoms with Crippen molar-refractivity contribution < 1.29 is 0 Å². The maximum absolute atomic E-state index is 5.80. The Kier molecular flexibility index (Phi) is 9.26. The molecule has 0 spiro atoms. The van der Waals surface area contributed by atoms with E-state index in [2.05, 4.69) is 36.7 Å². The third-order valence-corrected chi connectivity index (χ3v) is 9.37. The second-order valence-electron chi connectivity index (χ2n) is 7.56. The molecule has 1 fully saturated rings. The standard InChI is InChI=1S/C21H35N3S3/c1-5-13-24(2)19-7-6-12-21(26-3,27-4)14-17(19)15-23-20(25)16-8-10-18(22)11-9-16/h8-11,17,19H,5-7,12-15,22H2,1-4H3,(H,23,25). The van der Waals surface area contributed by atoms with Gasteiger partial charge in [-0.2, -0.15) is 0 Å². The fourth-order valence-electron chi connectivity index (χ4n) is 4.18. The highest BCUT2D eigenvalue weighted by Gasteiger charge is 2.38. The fourth-order valence-corrected chi connectivity index (χ4v) is 6.52. The molecule has 1 aromatic carbocycles. The highest BCUT2D eigenvalue weighted by atomic mass is 32.2. The Morgan fingerprint density at radius 2 is 1.96 bits per heavy atom. The maximum atomic E-state index is 5.80. The molecule has 3 N–H and O–H groups in total. The number of anilines is 1. The lowest BCUT2D eigenvalue weighted by atomic mass is 9.93. The average molecular weight is 426 g/mol. The van der Waals surface area contributed by atoms with Crippen LogP contribution in [0.4, 0.5) is 5.69 Å². The molecular weight excluding hydrogens is 390 g/mol. The summed E-state index contributed by atoms with van der Waals surface area (Å²) in [5.74, 6) is 0.593. The predicted octanol–water partition coefficient (Wildman–Crippen LogP) is 4.86. The van der Waals surface area contributed by atoms with Crippen molar-refractivity contribution in [2.24, 2.45) is 5.92 Å². The Morgan fingerprint density at radius 3 is 2.56 bits per heavy atom. The maximum Gasteiger partial charge on any atom is 0.106 e. The average Bonchev–Trinajstić information content (AvgIpc) is 2.87. The van der Waals surface area contributed by atoms with Gasteiger partial charge < -0.3 is 16.0 Å². The molecule has 1 aliphatic carbocycles. The molecule has 1 aromatic rings. The van der Waals surface area contributed by atoms with E-state index >= 15 is 0 Å². The molecule has 2 unspecified atom stereocenters. The van der Waals surface area contributed by atoms with Gasteiger partial charge in [0.05, 0.1) is 4.08 Å². The van der Waals surface area contributed by atoms with Gasteiger partial charge in [-0.15, -0.1) is 23.5 Å². The molecule has 2 atom stereocenters. The number of benzene rings is 1. The van der Waals surface area contributed by atoms with Crippen LogP contribution in [0.3, 0.4) is 0 Å². The Hall–Kier alpha value is -0.430. The van der Waals surface area contributed by atoms with Crippen molar-refractivity contribution in [3.8, 4) is 0 Å². The number of hydrogen-bond acceptors (Lipinski definition) is 5. The number of nitrogens with zero attached hydrogens (tertiary/aromatic N) is 1. The van der Waals surface area contributed by atoms with E-state index in [0.717, 1.165) is 29.3 Å². The van der Waals surface area contributed by atoms with Gasteiger partial charge in [0.1, 0.15) is 4.99 Å². The van der Waals surface area contributed by atoms with Crippen LogP contribution >= 0.6 is 35.7 Å². The molecule has 3 nitrogen and oxygen atoms in total. The summed E-state index contributed by atoms with van der Waals surface area (Å²) in [5.41, 5.74) is 7.62. The zero-order valence-corrected chi connectivity index (χ0v) is 19.6. The quantitative estimate of drug-likeness (QED) is 0.268. The minimum atomic E-state index is 0.330. The molecule has 0 amide bonds. The van der Waals surface area contributed by atoms with Crippen molar-refractivity contribution in [1.82, 2.24) is 10.2 Å². The van der Waals surface area contributed by atoms with E-state index in [0.29, 0.717) is 16.0 Å². The highest BCUT2D eigenvalue weighted by molar-refractivity contribution is 8.17. The van der Waals surface area contributed by atoms with Crippen LogP contribution in [-0.2, 0) is 0 Å². The largest absolute Gasteiger partial charge is 0.399 e. The third kappa shape index (κ3) is 6.28. The van der Waals surface area contributed by atoms with Crippen LogP contribution < -0.4 is 11.1 Å². The number of nitrogens with two attached hydrogens (primary N) is 1. The zero-order valence-electron chi connectivity index (χ0n) is 17.2. The first-order valence-electron chi connectivity index (χ1n) is 9.89. The molecule has 0 aromatic heterocycles. The van der Waals surface area contributed by atoms with E-state index in [-0.39, 0.29) is 0 Å². The minimum absolute atomic E-state index is 0.330. The molecule has 27 heavy (non-hydrogen) atoms. The van der Waals surface area contributed by atoms with Crippen LogP contribution in [-0.4, -0.2) is 52.7 Å². The van der Waals surface area contributed by atoms with Gasteiger partial charge in [0.25, 0.3) is 0 Å². The van der Waals surface area contributed by atoms with Crippen LogP contribution in [0.2, 0.25) is 0 Å². The number of rotatable bonds is 8. The van der Waals surface area contributed by atoms with E-state index in [9.17, 15) is 0 Å². The summed E-state index contributed by atoms with van der Waals surface area (Å²) in [6, 6.07) is 8.46. The first kappa shape index (κ1) is 22.9. The summed E-state index contributed by atoms with van der Waals surface area (Å²) in [6.07, 6.45) is 10.9. The van der Waals surface area contributed by atoms with Gasteiger partial charge in [-0.05, 0) is 88.4 Å². The zero-order chi connectivity index (χ0) is 19.9. The Morgan fingerprint density at radius 1 is 1.30 bits per heavy atom. The van der Waals surface area contributed by atoms with Crippen LogP contribution in [0.25, 0.3) is 0 Å². The van der Waals surface area contributed by atoms with E-state index in [1.807, 2.05) is 47.8 Å². The normalized spacial score (nSPS) is 22.4. The van der Waals surface area contributed by atoms with Crippen molar-refractivity contribution in [2.45, 2.75) is 49.1 Å². The van der Waals surface area contributed by atoms with Gasteiger partial charge in [-0.1, -0.05) is 19.1 Å². The summed E-state index contributed by atoms with van der Waals surface area (Å²) in [6.45, 7) is 4.37. The van der Waals surface area contributed by atoms with E-state index in [1.54, 1.807) is 0 Å². The minimum Gasteiger partial charge on any atom is -0.399 e. The fraction of sp³-hybridized carbons (Fsp3) is 0.667. The second-order valence-corrected chi connectivity index (χ2v) is 10.6. The third-order valence-electron chi connectivity index (χ3n) is 5.76. The van der Waals surface area contributed by atoms with Crippen LogP contribution in [0.1, 0.15) is 44.6 Å². The first-order valence-corrected chi connectivity index (χ1v) is 12.7. The number of thioether (sulfide) groups is 2. The number of hydrogen-bond donors (Lipinski definition) is 2. The Labute approximate surface area is 179 Å². The summed E-state index contributed by atoms with van der Waals surface area (Å²) in [7, 11) is 2.30. The van der Waals surface area contributed by atoms with Crippen molar-refractivity contribution in [1.29, 1.82) is 0 Å². The van der Waals surface area contributed by atoms with Gasteiger partial charge in [0.2, 0.25) is 0 Å². The predicted molar refractivity (Wildman–Crippen MR) is 129 cm³/mol. The van der Waals surface area contributed by atoms with Crippen molar-refractivity contribution >= 4 is 46.4 Å². The lowest BCUT2D eigenvalue weighted by Crippen LogP contribution is -2.44. The molecule has 0 aliphatic heterocycles. The van der Waals surface area contributed by atoms with E-state index in [1.165, 1.54) is 32.1 Å². The van der Waals surface area contributed by atoms with E-state index in [4.69, 9.17) is 18.0 Å². The SMILES string of the molecule is CCCN(C)C1CCCC(SC)(SC)CC1CNC(=S)c1ccc(N)cc1. The number of nitrogens with one attached hydrogen (secondary N) is 1. The molecule has 6 heteroatoms. The van der Waals surface area contributed by atoms with Crippen LogP contribution in [0.15, 0.2) is 24.3 Å². The molecule has 1 saturated carbocycles. The molecule has 0 radical (unpaired) electrons. The van der Waals surface area contributed by atoms with Crippen LogP contribution in [0, 0.1) is 5.92 Å². The van der Waals surface area contributed by atoms with Crippen molar-refractivity contribution in [2.75, 3.05) is 38.4 Å². The molecular formula is C21H35N3S3. The topological polar surface area (TPSA) is 41.3 Å². The molecule has 0 saturated heterocycles. The number of nitrogen functional groups attached to an aromatic ring is 1. The van der Waals surface area contributed by atoms with E-state index < -0.39 is 0 Å². The summed E-state index contributed by atoms with van der Waals surface area (Å²) in [5, 5.41) is 3.57.